The Kier molecular flexibility index (Phi) is 4.16. The third-order valence-corrected chi connectivity index (χ3v) is 4.80. The molecule has 2 unspecified atom stereocenters. The van der Waals surface area contributed by atoms with Crippen LogP contribution in [0.1, 0.15) is 38.0 Å². The first-order chi connectivity index (χ1) is 11.4. The number of hydrogen-bond donors (Lipinski definition) is 0. The normalized spacial score (nSPS) is 21.0. The molecule has 2 aliphatic rings. The summed E-state index contributed by atoms with van der Waals surface area (Å²) in [4.78, 5) is 32.7. The van der Waals surface area contributed by atoms with Crippen LogP contribution in [0.15, 0.2) is 11.2 Å². The number of aromatic nitrogens is 2. The molecule has 2 atom stereocenters. The van der Waals surface area contributed by atoms with Crippen molar-refractivity contribution in [2.45, 2.75) is 39.3 Å². The minimum absolute atomic E-state index is 0.239. The molecular formula is C16H24N5O3+. The summed E-state index contributed by atoms with van der Waals surface area (Å²) in [7, 11) is 3.21. The molecule has 0 aromatic carbocycles. The molecule has 8 heteroatoms. The molecule has 0 bridgehead atoms. The highest BCUT2D eigenvalue weighted by atomic mass is 16.5. The van der Waals surface area contributed by atoms with Crippen LogP contribution in [0.25, 0.3) is 0 Å². The quantitative estimate of drug-likeness (QED) is 0.759. The maximum atomic E-state index is 12.9. The van der Waals surface area contributed by atoms with Crippen LogP contribution < -0.4 is 4.57 Å². The van der Waals surface area contributed by atoms with Crippen molar-refractivity contribution in [2.24, 2.45) is 4.99 Å². The van der Waals surface area contributed by atoms with E-state index in [9.17, 15) is 9.59 Å². The van der Waals surface area contributed by atoms with E-state index in [0.29, 0.717) is 12.4 Å². The van der Waals surface area contributed by atoms with Crippen LogP contribution in [0, 0.1) is 6.92 Å². The van der Waals surface area contributed by atoms with E-state index in [4.69, 9.17) is 4.74 Å². The number of aryl methyl sites for hydroxylation is 1. The van der Waals surface area contributed by atoms with Gasteiger partial charge in [0.25, 0.3) is 5.91 Å². The van der Waals surface area contributed by atoms with Crippen molar-refractivity contribution in [2.75, 3.05) is 27.3 Å². The smallest absolute Gasteiger partial charge is 0.383 e. The maximum absolute atomic E-state index is 12.9. The Balaban J connectivity index is 2.05. The number of hydrogen-bond acceptors (Lipinski definition) is 4. The fraction of sp³-hybridized carbons (Fsp3) is 0.625. The predicted octanol–water partition coefficient (Wildman–Crippen LogP) is 1.18. The molecule has 0 aliphatic carbocycles. The van der Waals surface area contributed by atoms with Crippen molar-refractivity contribution in [1.29, 1.82) is 0 Å². The van der Waals surface area contributed by atoms with Crippen molar-refractivity contribution >= 4 is 23.7 Å². The third kappa shape index (κ3) is 2.24. The van der Waals surface area contributed by atoms with Gasteiger partial charge in [-0.25, -0.2) is 13.9 Å². The number of urea groups is 1. The summed E-state index contributed by atoms with van der Waals surface area (Å²) in [6.07, 6.45) is 2.90. The van der Waals surface area contributed by atoms with Gasteiger partial charge in [-0.3, -0.25) is 14.6 Å². The van der Waals surface area contributed by atoms with Gasteiger partial charge in [-0.05, 0) is 20.3 Å². The molecule has 1 saturated heterocycles. The number of amides is 3. The van der Waals surface area contributed by atoms with Gasteiger partial charge in [-0.2, -0.15) is 0 Å². The molecule has 0 radical (unpaired) electrons. The summed E-state index contributed by atoms with van der Waals surface area (Å²) in [5.41, 5.74) is 1.05. The molecule has 3 heterocycles. The molecule has 130 valence electrons. The zero-order valence-electron chi connectivity index (χ0n) is 14.8. The van der Waals surface area contributed by atoms with E-state index in [1.807, 2.05) is 17.7 Å². The maximum Gasteiger partial charge on any atom is 0.402 e. The summed E-state index contributed by atoms with van der Waals surface area (Å²) in [5.74, 6) is 0.966. The summed E-state index contributed by atoms with van der Waals surface area (Å²) in [6, 6.07) is -0.667. The number of fused-ring (bicyclic) bond motifs is 3. The fourth-order valence-electron chi connectivity index (χ4n) is 3.32. The number of rotatable bonds is 5. The molecule has 0 N–H and O–H groups in total. The van der Waals surface area contributed by atoms with Gasteiger partial charge in [0.1, 0.15) is 11.9 Å². The number of imide groups is 1. The lowest BCUT2D eigenvalue weighted by Crippen LogP contribution is -2.63. The van der Waals surface area contributed by atoms with E-state index >= 15 is 0 Å². The number of ether oxygens (including phenoxy) is 1. The standard InChI is InChI=1S/C16H24N5O3/c1-6-10(2)21-11(3)9-20-12-13(17-15(20)21)18(4)16(23)19(14(12)22)7-8-24-5/h9-10,12H,6-8H2,1-5H3/q+1. The van der Waals surface area contributed by atoms with Gasteiger partial charge in [0.05, 0.1) is 19.2 Å². The first-order valence-electron chi connectivity index (χ1n) is 8.21. The first-order valence-corrected chi connectivity index (χ1v) is 8.21. The summed E-state index contributed by atoms with van der Waals surface area (Å²) in [6.45, 7) is 6.80. The van der Waals surface area contributed by atoms with Crippen molar-refractivity contribution in [3.63, 3.8) is 0 Å². The lowest BCUT2D eigenvalue weighted by molar-refractivity contribution is -0.677. The molecule has 8 nitrogen and oxygen atoms in total. The summed E-state index contributed by atoms with van der Waals surface area (Å²) < 4.78 is 9.02. The van der Waals surface area contributed by atoms with Gasteiger partial charge in [-0.1, -0.05) is 11.9 Å². The number of amidine groups is 1. The monoisotopic (exact) mass is 334 g/mol. The number of likely N-dealkylation sites (N-methyl/N-ethyl adjacent to an activating group) is 1. The van der Waals surface area contributed by atoms with Crippen LogP contribution in [-0.2, 0) is 9.53 Å². The fourth-order valence-corrected chi connectivity index (χ4v) is 3.32. The number of aliphatic imine (C=N–C) groups is 1. The highest BCUT2D eigenvalue weighted by Gasteiger charge is 2.53. The van der Waals surface area contributed by atoms with Gasteiger partial charge in [0.15, 0.2) is 0 Å². The molecule has 1 aromatic heterocycles. The Labute approximate surface area is 141 Å². The van der Waals surface area contributed by atoms with E-state index in [1.165, 1.54) is 9.80 Å². The Morgan fingerprint density at radius 1 is 1.42 bits per heavy atom. The molecule has 0 saturated carbocycles. The van der Waals surface area contributed by atoms with E-state index in [0.717, 1.165) is 18.1 Å². The average molecular weight is 334 g/mol. The number of methoxy groups -OCH3 is 1. The van der Waals surface area contributed by atoms with Crippen molar-refractivity contribution in [3.05, 3.63) is 11.9 Å². The van der Waals surface area contributed by atoms with Crippen LogP contribution in [0.2, 0.25) is 0 Å². The van der Waals surface area contributed by atoms with Crippen molar-refractivity contribution < 1.29 is 18.9 Å². The topological polar surface area (TPSA) is 71.0 Å². The molecular weight excluding hydrogens is 310 g/mol. The SMILES string of the molecule is CCC(C)n1c(C)c[n+]2c1N=C1C2C(=O)N(CCOC)C(=O)N1C. The Hall–Kier alpha value is -2.22. The van der Waals surface area contributed by atoms with Crippen molar-refractivity contribution in [1.82, 2.24) is 14.4 Å². The number of carbonyl (C=O) groups excluding carboxylic acids is 2. The Bertz CT molecular complexity index is 724. The first kappa shape index (κ1) is 16.6. The Morgan fingerprint density at radius 3 is 2.75 bits per heavy atom. The Morgan fingerprint density at radius 2 is 2.12 bits per heavy atom. The summed E-state index contributed by atoms with van der Waals surface area (Å²) in [5, 5.41) is 0. The van der Waals surface area contributed by atoms with Crippen molar-refractivity contribution in [3.8, 4) is 0 Å². The molecule has 2 aliphatic heterocycles. The second kappa shape index (κ2) is 6.01. The minimum atomic E-state index is -0.580. The van der Waals surface area contributed by atoms with Crippen LogP contribution in [-0.4, -0.2) is 59.4 Å². The molecule has 24 heavy (non-hydrogen) atoms. The van der Waals surface area contributed by atoms with Crippen LogP contribution in [0.4, 0.5) is 10.7 Å². The van der Waals surface area contributed by atoms with Crippen LogP contribution in [0.5, 0.6) is 0 Å². The molecule has 1 fully saturated rings. The van der Waals surface area contributed by atoms with Crippen LogP contribution >= 0.6 is 0 Å². The molecule has 3 rings (SSSR count). The van der Waals surface area contributed by atoms with Gasteiger partial charge >= 0.3 is 12.0 Å². The zero-order chi connectivity index (χ0) is 17.6. The molecule has 1 aromatic rings. The number of carbonyl (C=O) groups is 2. The average Bonchev–Trinajstić information content (AvgIpc) is 3.06. The van der Waals surface area contributed by atoms with E-state index < -0.39 is 6.04 Å². The van der Waals surface area contributed by atoms with E-state index in [-0.39, 0.29) is 24.5 Å². The second-order valence-electron chi connectivity index (χ2n) is 6.30. The lowest BCUT2D eigenvalue weighted by atomic mass is 10.1. The van der Waals surface area contributed by atoms with Gasteiger partial charge in [-0.15, -0.1) is 0 Å². The third-order valence-electron chi connectivity index (χ3n) is 4.80. The van der Waals surface area contributed by atoms with Crippen LogP contribution in [0.3, 0.4) is 0 Å². The number of nitrogens with zero attached hydrogens (tertiary/aromatic N) is 5. The molecule has 0 spiro atoms. The van der Waals surface area contributed by atoms with Gasteiger partial charge in [0.2, 0.25) is 11.9 Å². The highest BCUT2D eigenvalue weighted by Crippen LogP contribution is 2.31. The largest absolute Gasteiger partial charge is 0.402 e. The minimum Gasteiger partial charge on any atom is -0.383 e. The number of imidazole rings is 1. The van der Waals surface area contributed by atoms with E-state index in [2.05, 4.69) is 23.4 Å². The van der Waals surface area contributed by atoms with Gasteiger partial charge in [0, 0.05) is 14.2 Å². The van der Waals surface area contributed by atoms with E-state index in [1.54, 1.807) is 14.2 Å². The second-order valence-corrected chi connectivity index (χ2v) is 6.30. The molecule has 3 amide bonds. The zero-order valence-corrected chi connectivity index (χ0v) is 14.8. The van der Waals surface area contributed by atoms with Gasteiger partial charge < -0.3 is 4.74 Å². The predicted molar refractivity (Wildman–Crippen MR) is 87.2 cm³/mol. The highest BCUT2D eigenvalue weighted by molar-refractivity contribution is 6.19. The lowest BCUT2D eigenvalue weighted by Gasteiger charge is -2.32. The summed E-state index contributed by atoms with van der Waals surface area (Å²) >= 11 is 0.